The average molecular weight is 422 g/mol. The monoisotopic (exact) mass is 421 g/mol. The summed E-state index contributed by atoms with van der Waals surface area (Å²) in [6, 6.07) is 10.5. The lowest BCUT2D eigenvalue weighted by Crippen LogP contribution is -2.34. The van der Waals surface area contributed by atoms with Gasteiger partial charge < -0.3 is 15.1 Å². The molecule has 0 saturated carbocycles. The van der Waals surface area contributed by atoms with Crippen LogP contribution in [-0.2, 0) is 17.8 Å². The number of rotatable bonds is 6. The van der Waals surface area contributed by atoms with E-state index in [0.29, 0.717) is 13.1 Å². The van der Waals surface area contributed by atoms with Crippen LogP contribution >= 0.6 is 11.3 Å². The topological polar surface area (TPSA) is 61.4 Å². The van der Waals surface area contributed by atoms with Gasteiger partial charge in [0.05, 0.1) is 11.9 Å². The van der Waals surface area contributed by atoms with Gasteiger partial charge in [0.2, 0.25) is 5.91 Å². The molecule has 30 heavy (non-hydrogen) atoms. The number of anilines is 1. The van der Waals surface area contributed by atoms with E-state index in [9.17, 15) is 4.79 Å². The smallest absolute Gasteiger partial charge is 0.246 e. The van der Waals surface area contributed by atoms with Gasteiger partial charge in [0.1, 0.15) is 17.0 Å². The number of thiophene rings is 1. The van der Waals surface area contributed by atoms with Crippen LogP contribution in [0.1, 0.15) is 29.0 Å². The first-order chi connectivity index (χ1) is 14.5. The number of hydrogen-bond acceptors (Lipinski definition) is 6. The number of carbonyl (C=O) groups excluding carboxylic acids is 1. The molecule has 1 atom stereocenters. The summed E-state index contributed by atoms with van der Waals surface area (Å²) in [6.45, 7) is 4.25. The number of nitrogens with one attached hydrogen (secondary N) is 1. The summed E-state index contributed by atoms with van der Waals surface area (Å²) < 4.78 is 0. The van der Waals surface area contributed by atoms with Crippen LogP contribution in [-0.4, -0.2) is 52.9 Å². The van der Waals surface area contributed by atoms with Crippen LogP contribution in [0.4, 0.5) is 5.82 Å². The van der Waals surface area contributed by atoms with Crippen molar-refractivity contribution in [3.05, 3.63) is 64.8 Å². The second kappa shape index (κ2) is 8.93. The van der Waals surface area contributed by atoms with E-state index in [4.69, 9.17) is 0 Å². The van der Waals surface area contributed by atoms with Crippen molar-refractivity contribution in [1.82, 2.24) is 19.8 Å². The van der Waals surface area contributed by atoms with Crippen LogP contribution in [0, 0.1) is 0 Å². The molecule has 0 fully saturated rings. The molecule has 1 aromatic carbocycles. The van der Waals surface area contributed by atoms with Gasteiger partial charge in [-0.1, -0.05) is 36.4 Å². The van der Waals surface area contributed by atoms with Crippen molar-refractivity contribution in [1.29, 1.82) is 0 Å². The van der Waals surface area contributed by atoms with Crippen molar-refractivity contribution in [2.45, 2.75) is 25.9 Å². The Hall–Kier alpha value is -2.77. The van der Waals surface area contributed by atoms with E-state index in [2.05, 4.69) is 34.3 Å². The molecule has 0 spiro atoms. The Morgan fingerprint density at radius 2 is 2.10 bits per heavy atom. The first-order valence-corrected chi connectivity index (χ1v) is 11.0. The third kappa shape index (κ3) is 4.37. The van der Waals surface area contributed by atoms with E-state index >= 15 is 0 Å². The van der Waals surface area contributed by atoms with Crippen molar-refractivity contribution in [3.63, 3.8) is 0 Å². The molecular formula is C23H27N5OS. The average Bonchev–Trinajstić information content (AvgIpc) is 3.12. The molecule has 0 bridgehead atoms. The van der Waals surface area contributed by atoms with Crippen LogP contribution in [0.15, 0.2) is 48.8 Å². The summed E-state index contributed by atoms with van der Waals surface area (Å²) in [5, 5.41) is 4.68. The Balaban J connectivity index is 1.56. The summed E-state index contributed by atoms with van der Waals surface area (Å²) in [7, 11) is 3.98. The standard InChI is InChI=1S/C23H27N5OS/c1-16(17-8-5-4-6-9-17)26-22-21-18-11-13-28(20(29)10-7-12-27(2)3)14-19(18)30-23(21)25-15-24-22/h4-10,15-16H,11-14H2,1-3H3,(H,24,25,26). The lowest BCUT2D eigenvalue weighted by Gasteiger charge is -2.26. The number of nitrogens with zero attached hydrogens (tertiary/aromatic N) is 4. The molecule has 3 heterocycles. The minimum absolute atomic E-state index is 0.0714. The molecule has 0 aliphatic carbocycles. The minimum Gasteiger partial charge on any atom is -0.363 e. The predicted octanol–water partition coefficient (Wildman–Crippen LogP) is 3.87. The molecule has 3 aromatic rings. The maximum atomic E-state index is 12.6. The Morgan fingerprint density at radius 3 is 2.87 bits per heavy atom. The number of aromatic nitrogens is 2. The predicted molar refractivity (Wildman–Crippen MR) is 123 cm³/mol. The summed E-state index contributed by atoms with van der Waals surface area (Å²) in [5.74, 6) is 0.946. The van der Waals surface area contributed by atoms with Crippen molar-refractivity contribution in [2.75, 3.05) is 32.5 Å². The van der Waals surface area contributed by atoms with E-state index in [-0.39, 0.29) is 11.9 Å². The van der Waals surface area contributed by atoms with Crippen molar-refractivity contribution >= 4 is 33.3 Å². The fourth-order valence-electron chi connectivity index (χ4n) is 3.73. The van der Waals surface area contributed by atoms with Gasteiger partial charge >= 0.3 is 0 Å². The van der Waals surface area contributed by atoms with Gasteiger partial charge in [0.25, 0.3) is 0 Å². The zero-order chi connectivity index (χ0) is 21.1. The van der Waals surface area contributed by atoms with E-state index < -0.39 is 0 Å². The highest BCUT2D eigenvalue weighted by Crippen LogP contribution is 2.38. The van der Waals surface area contributed by atoms with Gasteiger partial charge in [-0.05, 0) is 38.6 Å². The number of likely N-dealkylation sites (N-methyl/N-ethyl adjacent to an activating group) is 1. The maximum absolute atomic E-state index is 12.6. The molecule has 1 unspecified atom stereocenters. The molecule has 1 aliphatic rings. The summed E-state index contributed by atoms with van der Waals surface area (Å²) in [6.07, 6.45) is 6.05. The highest BCUT2D eigenvalue weighted by molar-refractivity contribution is 7.19. The molecule has 2 aromatic heterocycles. The lowest BCUT2D eigenvalue weighted by molar-refractivity contribution is -0.126. The summed E-state index contributed by atoms with van der Waals surface area (Å²) in [4.78, 5) is 27.8. The molecule has 7 heteroatoms. The normalized spacial score (nSPS) is 15.0. The van der Waals surface area contributed by atoms with Crippen molar-refractivity contribution in [3.8, 4) is 0 Å². The molecule has 0 radical (unpaired) electrons. The van der Waals surface area contributed by atoms with Gasteiger partial charge in [-0.2, -0.15) is 0 Å². The summed E-state index contributed by atoms with van der Waals surface area (Å²) in [5.41, 5.74) is 2.49. The highest BCUT2D eigenvalue weighted by atomic mass is 32.1. The van der Waals surface area contributed by atoms with E-state index in [1.807, 2.05) is 48.2 Å². The Labute approximate surface area is 181 Å². The minimum atomic E-state index is 0.0714. The zero-order valence-corrected chi connectivity index (χ0v) is 18.4. The molecule has 156 valence electrons. The van der Waals surface area contributed by atoms with Crippen molar-refractivity contribution in [2.24, 2.45) is 0 Å². The third-order valence-corrected chi connectivity index (χ3v) is 6.46. The number of carbonyl (C=O) groups is 1. The van der Waals surface area contributed by atoms with E-state index in [1.54, 1.807) is 23.7 Å². The summed E-state index contributed by atoms with van der Waals surface area (Å²) >= 11 is 1.67. The Morgan fingerprint density at radius 1 is 1.30 bits per heavy atom. The Kier molecular flexibility index (Phi) is 6.11. The van der Waals surface area contributed by atoms with Gasteiger partial charge in [-0.3, -0.25) is 4.79 Å². The molecule has 6 nitrogen and oxygen atoms in total. The molecule has 1 amide bonds. The largest absolute Gasteiger partial charge is 0.363 e. The van der Waals surface area contributed by atoms with Crippen LogP contribution in [0.25, 0.3) is 10.2 Å². The van der Waals surface area contributed by atoms with Crippen LogP contribution in [0.5, 0.6) is 0 Å². The molecular weight excluding hydrogens is 394 g/mol. The van der Waals surface area contributed by atoms with Gasteiger partial charge in [0.15, 0.2) is 0 Å². The fraction of sp³-hybridized carbons (Fsp3) is 0.348. The first kappa shape index (κ1) is 20.5. The van der Waals surface area contributed by atoms with Crippen LogP contribution in [0.2, 0.25) is 0 Å². The van der Waals surface area contributed by atoms with Gasteiger partial charge in [-0.25, -0.2) is 9.97 Å². The molecule has 0 saturated heterocycles. The van der Waals surface area contributed by atoms with Gasteiger partial charge in [-0.15, -0.1) is 11.3 Å². The van der Waals surface area contributed by atoms with E-state index in [1.165, 1.54) is 16.0 Å². The SMILES string of the molecule is CC(Nc1ncnc2sc3c(c12)CCN(C(=O)C=CCN(C)C)C3)c1ccccc1. The van der Waals surface area contributed by atoms with Crippen LogP contribution in [0.3, 0.4) is 0 Å². The van der Waals surface area contributed by atoms with Gasteiger partial charge in [0, 0.05) is 30.1 Å². The third-order valence-electron chi connectivity index (χ3n) is 5.33. The number of hydrogen-bond donors (Lipinski definition) is 1. The van der Waals surface area contributed by atoms with E-state index in [0.717, 1.165) is 29.0 Å². The van der Waals surface area contributed by atoms with Crippen molar-refractivity contribution < 1.29 is 4.79 Å². The molecule has 1 N–H and O–H groups in total. The second-order valence-electron chi connectivity index (χ2n) is 7.86. The first-order valence-electron chi connectivity index (χ1n) is 10.2. The quantitative estimate of drug-likeness (QED) is 0.612. The Bertz CT molecular complexity index is 1060. The second-order valence-corrected chi connectivity index (χ2v) is 8.94. The maximum Gasteiger partial charge on any atom is 0.246 e. The fourth-order valence-corrected chi connectivity index (χ4v) is 4.93. The number of benzene rings is 1. The molecule has 1 aliphatic heterocycles. The van der Waals surface area contributed by atoms with Crippen LogP contribution < -0.4 is 5.32 Å². The lowest BCUT2D eigenvalue weighted by atomic mass is 10.0. The zero-order valence-electron chi connectivity index (χ0n) is 17.6. The molecule has 4 rings (SSSR count). The number of fused-ring (bicyclic) bond motifs is 3. The highest BCUT2D eigenvalue weighted by Gasteiger charge is 2.25. The number of amides is 1.